The zero-order valence-electron chi connectivity index (χ0n) is 12.5. The second kappa shape index (κ2) is 6.30. The molecule has 3 heterocycles. The lowest BCUT2D eigenvalue weighted by atomic mass is 10.2. The summed E-state index contributed by atoms with van der Waals surface area (Å²) in [5.74, 6) is 1.30. The van der Waals surface area contributed by atoms with Crippen molar-refractivity contribution in [2.24, 2.45) is 0 Å². The molecule has 21 heavy (non-hydrogen) atoms. The van der Waals surface area contributed by atoms with E-state index in [1.165, 1.54) is 0 Å². The Balaban J connectivity index is 1.91. The fourth-order valence-corrected chi connectivity index (χ4v) is 3.10. The van der Waals surface area contributed by atoms with Gasteiger partial charge in [0, 0.05) is 31.4 Å². The smallest absolute Gasteiger partial charge is 0.160 e. The molecule has 0 radical (unpaired) electrons. The number of pyridine rings is 1. The molecular formula is C15H21ClN4O. The molecule has 0 aromatic carbocycles. The molecule has 1 atom stereocenters. The van der Waals surface area contributed by atoms with Gasteiger partial charge in [-0.1, -0.05) is 0 Å². The number of hydrogen-bond donors (Lipinski definition) is 0. The van der Waals surface area contributed by atoms with E-state index in [2.05, 4.69) is 26.4 Å². The van der Waals surface area contributed by atoms with Gasteiger partial charge in [0.2, 0.25) is 0 Å². The number of rotatable bonds is 4. The number of fused-ring (bicyclic) bond motifs is 1. The van der Waals surface area contributed by atoms with Gasteiger partial charge in [-0.2, -0.15) is 0 Å². The van der Waals surface area contributed by atoms with E-state index in [1.807, 2.05) is 19.1 Å². The van der Waals surface area contributed by atoms with Crippen molar-refractivity contribution in [3.63, 3.8) is 0 Å². The quantitative estimate of drug-likeness (QED) is 0.813. The Hall–Kier alpha value is -1.17. The van der Waals surface area contributed by atoms with E-state index >= 15 is 0 Å². The first-order valence-electron chi connectivity index (χ1n) is 7.39. The van der Waals surface area contributed by atoms with Gasteiger partial charge < -0.3 is 9.30 Å². The van der Waals surface area contributed by atoms with E-state index < -0.39 is 0 Å². The van der Waals surface area contributed by atoms with Gasteiger partial charge >= 0.3 is 0 Å². The molecule has 0 bridgehead atoms. The van der Waals surface area contributed by atoms with Crippen LogP contribution in [0.15, 0.2) is 12.1 Å². The highest BCUT2D eigenvalue weighted by molar-refractivity contribution is 6.16. The molecule has 1 aliphatic rings. The molecule has 1 unspecified atom stereocenters. The van der Waals surface area contributed by atoms with Crippen LogP contribution in [0, 0.1) is 6.92 Å². The number of ether oxygens (including phenoxy) is 1. The highest BCUT2D eigenvalue weighted by atomic mass is 35.5. The second-order valence-electron chi connectivity index (χ2n) is 5.59. The molecule has 1 fully saturated rings. The monoisotopic (exact) mass is 308 g/mol. The molecular weight excluding hydrogens is 288 g/mol. The Labute approximate surface area is 129 Å². The summed E-state index contributed by atoms with van der Waals surface area (Å²) in [5, 5.41) is 0. The first-order chi connectivity index (χ1) is 10.2. The lowest BCUT2D eigenvalue weighted by Gasteiger charge is -2.30. The molecule has 0 amide bonds. The van der Waals surface area contributed by atoms with Crippen LogP contribution in [0.3, 0.4) is 0 Å². The largest absolute Gasteiger partial charge is 0.379 e. The fraction of sp³-hybridized carbons (Fsp3) is 0.600. The molecule has 3 rings (SSSR count). The van der Waals surface area contributed by atoms with Gasteiger partial charge in [-0.05, 0) is 26.0 Å². The molecule has 2 aromatic heterocycles. The molecule has 2 aromatic rings. The second-order valence-corrected chi connectivity index (χ2v) is 5.86. The predicted molar refractivity (Wildman–Crippen MR) is 83.8 cm³/mol. The third kappa shape index (κ3) is 3.05. The summed E-state index contributed by atoms with van der Waals surface area (Å²) in [6.45, 7) is 8.78. The Bertz CT molecular complexity index is 621. The maximum absolute atomic E-state index is 6.09. The number of hydrogen-bond acceptors (Lipinski definition) is 4. The number of morpholine rings is 1. The molecule has 5 nitrogen and oxygen atoms in total. The maximum atomic E-state index is 6.09. The molecule has 0 saturated carbocycles. The van der Waals surface area contributed by atoms with E-state index in [0.29, 0.717) is 5.88 Å². The number of halogens is 1. The number of imidazole rings is 1. The van der Waals surface area contributed by atoms with Crippen LogP contribution in [-0.2, 0) is 10.6 Å². The van der Waals surface area contributed by atoms with Crippen LogP contribution < -0.4 is 0 Å². The SMILES string of the molecule is Cc1ccc2nc(CCl)n(C(C)CN3CCOCC3)c2n1. The normalized spacial score (nSPS) is 18.2. The standard InChI is InChI=1S/C15H21ClN4O/c1-11-3-4-13-15(17-11)20(14(9-16)18-13)12(2)10-19-5-7-21-8-6-19/h3-4,12H,5-10H2,1-2H3. The Kier molecular flexibility index (Phi) is 4.42. The van der Waals surface area contributed by atoms with Crippen molar-refractivity contribution in [1.29, 1.82) is 0 Å². The summed E-state index contributed by atoms with van der Waals surface area (Å²) in [7, 11) is 0. The number of aromatic nitrogens is 3. The van der Waals surface area contributed by atoms with E-state index in [-0.39, 0.29) is 6.04 Å². The van der Waals surface area contributed by atoms with Crippen LogP contribution in [0.4, 0.5) is 0 Å². The first-order valence-corrected chi connectivity index (χ1v) is 7.93. The molecule has 1 saturated heterocycles. The van der Waals surface area contributed by atoms with Gasteiger partial charge in [0.05, 0.1) is 19.1 Å². The summed E-state index contributed by atoms with van der Waals surface area (Å²) in [5.41, 5.74) is 2.86. The van der Waals surface area contributed by atoms with Gasteiger partial charge in [-0.3, -0.25) is 4.90 Å². The lowest BCUT2D eigenvalue weighted by molar-refractivity contribution is 0.0326. The lowest BCUT2D eigenvalue weighted by Crippen LogP contribution is -2.39. The van der Waals surface area contributed by atoms with Crippen molar-refractivity contribution in [2.75, 3.05) is 32.8 Å². The van der Waals surface area contributed by atoms with Crippen LogP contribution in [-0.4, -0.2) is 52.3 Å². The van der Waals surface area contributed by atoms with Gasteiger partial charge in [0.25, 0.3) is 0 Å². The highest BCUT2D eigenvalue weighted by Gasteiger charge is 2.20. The minimum Gasteiger partial charge on any atom is -0.379 e. The number of alkyl halides is 1. The summed E-state index contributed by atoms with van der Waals surface area (Å²) in [6, 6.07) is 4.30. The van der Waals surface area contributed by atoms with Crippen LogP contribution in [0.2, 0.25) is 0 Å². The molecule has 114 valence electrons. The zero-order valence-corrected chi connectivity index (χ0v) is 13.3. The van der Waals surface area contributed by atoms with E-state index in [0.717, 1.165) is 55.5 Å². The number of nitrogens with zero attached hydrogens (tertiary/aromatic N) is 4. The summed E-state index contributed by atoms with van der Waals surface area (Å²) in [6.07, 6.45) is 0. The third-order valence-electron chi connectivity index (χ3n) is 3.94. The van der Waals surface area contributed by atoms with Crippen molar-refractivity contribution < 1.29 is 4.74 Å². The predicted octanol–water partition coefficient (Wildman–Crippen LogP) is 2.37. The molecule has 6 heteroatoms. The average molecular weight is 309 g/mol. The van der Waals surface area contributed by atoms with Gasteiger partial charge in [0.1, 0.15) is 11.3 Å². The van der Waals surface area contributed by atoms with Gasteiger partial charge in [-0.15, -0.1) is 11.6 Å². The molecule has 0 aliphatic carbocycles. The van der Waals surface area contributed by atoms with Crippen LogP contribution in [0.1, 0.15) is 24.5 Å². The third-order valence-corrected chi connectivity index (χ3v) is 4.18. The van der Waals surface area contributed by atoms with Crippen molar-refractivity contribution in [1.82, 2.24) is 19.4 Å². The minimum absolute atomic E-state index is 0.288. The minimum atomic E-state index is 0.288. The Morgan fingerprint density at radius 3 is 2.76 bits per heavy atom. The van der Waals surface area contributed by atoms with Crippen LogP contribution in [0.5, 0.6) is 0 Å². The van der Waals surface area contributed by atoms with Crippen molar-refractivity contribution in [3.8, 4) is 0 Å². The van der Waals surface area contributed by atoms with E-state index in [4.69, 9.17) is 16.3 Å². The highest BCUT2D eigenvalue weighted by Crippen LogP contribution is 2.22. The molecule has 1 aliphatic heterocycles. The molecule has 0 spiro atoms. The fourth-order valence-electron chi connectivity index (χ4n) is 2.91. The maximum Gasteiger partial charge on any atom is 0.160 e. The van der Waals surface area contributed by atoms with E-state index in [9.17, 15) is 0 Å². The van der Waals surface area contributed by atoms with Crippen molar-refractivity contribution >= 4 is 22.8 Å². The average Bonchev–Trinajstić information content (AvgIpc) is 2.86. The zero-order chi connectivity index (χ0) is 14.8. The van der Waals surface area contributed by atoms with Crippen molar-refractivity contribution in [3.05, 3.63) is 23.7 Å². The van der Waals surface area contributed by atoms with Gasteiger partial charge in [0.15, 0.2) is 5.65 Å². The topological polar surface area (TPSA) is 43.2 Å². The summed E-state index contributed by atoms with van der Waals surface area (Å²) < 4.78 is 7.59. The van der Waals surface area contributed by atoms with Crippen LogP contribution >= 0.6 is 11.6 Å². The Morgan fingerprint density at radius 2 is 2.05 bits per heavy atom. The summed E-state index contributed by atoms with van der Waals surface area (Å²) in [4.78, 5) is 11.7. The van der Waals surface area contributed by atoms with Gasteiger partial charge in [-0.25, -0.2) is 9.97 Å². The summed E-state index contributed by atoms with van der Waals surface area (Å²) >= 11 is 6.09. The molecule has 0 N–H and O–H groups in total. The number of aryl methyl sites for hydroxylation is 1. The first kappa shape index (κ1) is 14.8. The van der Waals surface area contributed by atoms with Crippen molar-refractivity contribution in [2.45, 2.75) is 25.8 Å². The Morgan fingerprint density at radius 1 is 1.29 bits per heavy atom. The van der Waals surface area contributed by atoms with E-state index in [1.54, 1.807) is 0 Å². The van der Waals surface area contributed by atoms with Crippen LogP contribution in [0.25, 0.3) is 11.2 Å².